The van der Waals surface area contributed by atoms with E-state index >= 15 is 8.42 Å². The van der Waals surface area contributed by atoms with Crippen LogP contribution in [0.25, 0.3) is 11.0 Å². The Morgan fingerprint density at radius 2 is 1.81 bits per heavy atom. The van der Waals surface area contributed by atoms with Crippen LogP contribution in [0.2, 0.25) is 0 Å². The van der Waals surface area contributed by atoms with Crippen LogP contribution in [0.15, 0.2) is 76.7 Å². The minimum Gasteiger partial charge on any atom is -0.489 e. The lowest BCUT2D eigenvalue weighted by Crippen LogP contribution is -2.55. The third kappa shape index (κ3) is 7.46. The summed E-state index contributed by atoms with van der Waals surface area (Å²) in [7, 11) is -4.78. The first-order valence-corrected chi connectivity index (χ1v) is 25.7. The molecule has 1 saturated carbocycles. The van der Waals surface area contributed by atoms with E-state index in [0.717, 1.165) is 50.1 Å². The van der Waals surface area contributed by atoms with Crippen LogP contribution in [0.5, 0.6) is 11.6 Å². The fourth-order valence-corrected chi connectivity index (χ4v) is 14.1. The molecule has 5 fully saturated rings. The molecule has 4 saturated heterocycles. The number of nitrogens with zero attached hydrogens (tertiary/aromatic N) is 5. The first-order valence-electron chi connectivity index (χ1n) is 24.2. The number of nitrogens with one attached hydrogen (secondary N) is 3. The number of nitro benzene ring substituents is 1. The Kier molecular flexibility index (Phi) is 10.8. The number of piperidine rings is 1. The highest BCUT2D eigenvalue weighted by atomic mass is 32.2. The van der Waals surface area contributed by atoms with Crippen LogP contribution in [0.4, 0.5) is 28.4 Å². The van der Waals surface area contributed by atoms with Gasteiger partial charge in [-0.05, 0) is 99.7 Å². The summed E-state index contributed by atoms with van der Waals surface area (Å²) in [6.07, 6.45) is 7.00. The van der Waals surface area contributed by atoms with Crippen molar-refractivity contribution < 1.29 is 37.1 Å². The number of ether oxygens (including phenoxy) is 4. The van der Waals surface area contributed by atoms with Crippen LogP contribution in [-0.4, -0.2) is 123 Å². The quantitative estimate of drug-likeness (QED) is 0.0963. The zero-order valence-electron chi connectivity index (χ0n) is 38.7. The molecular formula is C50H57N9O9S. The largest absolute Gasteiger partial charge is 0.489 e. The van der Waals surface area contributed by atoms with Crippen molar-refractivity contribution >= 4 is 55.2 Å². The van der Waals surface area contributed by atoms with E-state index in [-0.39, 0.29) is 75.7 Å². The van der Waals surface area contributed by atoms with E-state index in [0.29, 0.717) is 55.3 Å². The Morgan fingerprint density at radius 3 is 2.58 bits per heavy atom. The smallest absolute Gasteiger partial charge is 0.297 e. The number of fused-ring (bicyclic) bond motifs is 4. The molecule has 7 aliphatic rings. The lowest BCUT2D eigenvalue weighted by Gasteiger charge is -2.56. The molecule has 0 radical (unpaired) electrons. The number of sulfone groups is 1. The van der Waals surface area contributed by atoms with Crippen molar-refractivity contribution in [2.24, 2.45) is 11.1 Å². The summed E-state index contributed by atoms with van der Waals surface area (Å²) in [6.45, 7) is 7.80. The monoisotopic (exact) mass is 959 g/mol. The van der Waals surface area contributed by atoms with Crippen molar-refractivity contribution in [1.82, 2.24) is 20.2 Å². The number of amides is 1. The third-order valence-corrected chi connectivity index (χ3v) is 17.8. The van der Waals surface area contributed by atoms with Gasteiger partial charge in [-0.15, -0.1) is 0 Å². The Morgan fingerprint density at radius 1 is 0.986 bits per heavy atom. The molecule has 5 N–H and O–H groups in total. The van der Waals surface area contributed by atoms with Gasteiger partial charge < -0.3 is 50.1 Å². The predicted molar refractivity (Wildman–Crippen MR) is 258 cm³/mol. The second kappa shape index (κ2) is 16.9. The van der Waals surface area contributed by atoms with Crippen LogP contribution in [0.3, 0.4) is 0 Å². The number of hydrogen-bond donors (Lipinski definition) is 4. The van der Waals surface area contributed by atoms with Crippen LogP contribution < -0.4 is 35.6 Å². The fourth-order valence-electron chi connectivity index (χ4n) is 12.4. The molecule has 1 spiro atoms. The number of aryl methyl sites for hydroxylation is 1. The van der Waals surface area contributed by atoms with E-state index in [1.807, 2.05) is 19.1 Å². The van der Waals surface area contributed by atoms with Gasteiger partial charge in [-0.2, -0.15) is 4.98 Å². The lowest BCUT2D eigenvalue weighted by molar-refractivity contribution is -0.384. The van der Waals surface area contributed by atoms with Gasteiger partial charge in [-0.1, -0.05) is 24.3 Å². The highest BCUT2D eigenvalue weighted by Crippen LogP contribution is 2.56. The summed E-state index contributed by atoms with van der Waals surface area (Å²) < 4.78 is 56.8. The molecule has 19 heteroatoms. The van der Waals surface area contributed by atoms with Crippen molar-refractivity contribution in [3.8, 4) is 11.6 Å². The van der Waals surface area contributed by atoms with Gasteiger partial charge in [0.05, 0.1) is 64.8 Å². The minimum atomic E-state index is -4.78. The molecule has 3 aromatic carbocycles. The number of carbonyl (C=O) groups is 1. The molecule has 0 bridgehead atoms. The summed E-state index contributed by atoms with van der Waals surface area (Å²) in [5, 5.41) is 20.4. The van der Waals surface area contributed by atoms with Crippen LogP contribution in [0, 0.1) is 22.5 Å². The van der Waals surface area contributed by atoms with E-state index < -0.39 is 44.5 Å². The van der Waals surface area contributed by atoms with Gasteiger partial charge in [-0.25, -0.2) is 8.42 Å². The number of anilines is 4. The molecule has 12 rings (SSSR count). The molecule has 1 aliphatic carbocycles. The summed E-state index contributed by atoms with van der Waals surface area (Å²) >= 11 is 0. The molecule has 69 heavy (non-hydrogen) atoms. The van der Waals surface area contributed by atoms with E-state index in [9.17, 15) is 14.9 Å². The van der Waals surface area contributed by atoms with Gasteiger partial charge in [0.2, 0.25) is 15.7 Å². The number of aromatic amines is 1. The van der Waals surface area contributed by atoms with Gasteiger partial charge in [-0.3, -0.25) is 19.8 Å². The fraction of sp³-hybridized carbons (Fsp3) is 0.480. The summed E-state index contributed by atoms with van der Waals surface area (Å²) in [5.41, 5.74) is 10.1. The van der Waals surface area contributed by atoms with Crippen LogP contribution in [0.1, 0.15) is 73.0 Å². The maximum Gasteiger partial charge on any atom is 0.297 e. The Balaban J connectivity index is 0.949. The number of primary amides is 1. The number of hydrogen-bond acceptors (Lipinski definition) is 15. The second-order valence-corrected chi connectivity index (χ2v) is 22.0. The number of nitro groups is 1. The van der Waals surface area contributed by atoms with Crippen molar-refractivity contribution in [2.45, 2.75) is 105 Å². The maximum absolute atomic E-state index is 16.0. The van der Waals surface area contributed by atoms with Crippen molar-refractivity contribution in [3.05, 3.63) is 93.7 Å². The number of nitrogens with two attached hydrogens (primary N) is 1. The number of morpholine rings is 1. The van der Waals surface area contributed by atoms with Gasteiger partial charge >= 0.3 is 0 Å². The van der Waals surface area contributed by atoms with Crippen molar-refractivity contribution in [3.63, 3.8) is 0 Å². The average Bonchev–Trinajstić information content (AvgIpc) is 4.13. The zero-order chi connectivity index (χ0) is 47.3. The summed E-state index contributed by atoms with van der Waals surface area (Å²) in [6, 6.07) is 18.1. The highest BCUT2D eigenvalue weighted by molar-refractivity contribution is 7.91. The van der Waals surface area contributed by atoms with Gasteiger partial charge in [0.15, 0.2) is 11.4 Å². The van der Waals surface area contributed by atoms with Crippen molar-refractivity contribution in [1.29, 1.82) is 0 Å². The summed E-state index contributed by atoms with van der Waals surface area (Å²) in [4.78, 5) is 40.2. The average molecular weight is 960 g/mol. The molecule has 0 unspecified atom stereocenters. The molecule has 6 atom stereocenters. The minimum absolute atomic E-state index is 0.0208. The molecule has 5 aromatic rings. The van der Waals surface area contributed by atoms with Crippen molar-refractivity contribution in [2.75, 3.05) is 67.7 Å². The predicted octanol–water partition coefficient (Wildman–Crippen LogP) is 6.15. The molecule has 6 aliphatic heterocycles. The Labute approximate surface area is 399 Å². The van der Waals surface area contributed by atoms with Gasteiger partial charge in [0.25, 0.3) is 11.6 Å². The molecule has 18 nitrogen and oxygen atoms in total. The normalized spacial score (nSPS) is 26.6. The molecular weight excluding hydrogens is 903 g/mol. The molecule has 1 amide bonds. The van der Waals surface area contributed by atoms with Crippen LogP contribution in [-0.2, 0) is 19.3 Å². The topological polar surface area (TPSA) is 220 Å². The van der Waals surface area contributed by atoms with E-state index in [1.165, 1.54) is 23.6 Å². The van der Waals surface area contributed by atoms with E-state index in [2.05, 4.69) is 56.6 Å². The molecule has 362 valence electrons. The molecule has 8 heterocycles. The number of aromatic nitrogens is 2. The van der Waals surface area contributed by atoms with E-state index in [4.69, 9.17) is 29.7 Å². The number of benzene rings is 3. The SMILES string of the molecule is Cc1ccccc1[C@@H]1CCCN1C1CC2(CCN(c3ccc(C(N)=O)c(N4c5cc6cc[nH]c6nc5O[C@H]5COC[C@@H]54)c3S(=O)(=O)c3cc4c(c([N+](=O)[O-])c3)N[C@H]([C@H]3CN[C@H](C)CO3)CO4)CC2)C1. The number of H-pyrrole nitrogens is 1. The first-order chi connectivity index (χ1) is 33.4. The third-order valence-electron chi connectivity index (χ3n) is 16.0. The Hall–Kier alpha value is -5.99. The number of pyridine rings is 1. The number of rotatable bonds is 9. The maximum atomic E-state index is 16.0. The number of carbonyl (C=O) groups excluding carboxylic acids is 1. The highest BCUT2D eigenvalue weighted by Gasteiger charge is 2.51. The second-order valence-electron chi connectivity index (χ2n) is 20.2. The first kappa shape index (κ1) is 44.2. The van der Waals surface area contributed by atoms with Gasteiger partial charge in [0.1, 0.15) is 28.9 Å². The molecule has 2 aromatic heterocycles. The van der Waals surface area contributed by atoms with E-state index in [1.54, 1.807) is 23.2 Å². The standard InChI is InChI=1S/C50H57N9O9S/c1-28-6-3-4-7-33(28)36-8-5-15-57(36)31-21-50(22-31)12-16-56(17-13-50)37-10-9-34(47(51)60)45(58-39-18-30-11-14-52-48(30)55-49(39)68-43-27-65-26-40(43)58)46(37)69(63,64)32-19-38(59(61)62)44-41(20-32)67-25-35(54-44)42-23-53-29(2)24-66-42/h3-4,6-7,9-11,14,18-20,29,31,35-36,40,42-43,53-54H,5,8,12-13,15-17,21-27H2,1-2H3,(H2,51,60)(H,52,55)/t29-,35+,36+,40+,42-,43+/m1/s1. The van der Waals surface area contributed by atoms with Gasteiger partial charge in [0, 0.05) is 61.5 Å². The van der Waals surface area contributed by atoms with Crippen LogP contribution >= 0.6 is 0 Å². The lowest BCUT2D eigenvalue weighted by atomic mass is 9.59. The Bertz CT molecular complexity index is 2980. The number of likely N-dealkylation sites (tertiary alicyclic amines) is 1. The summed E-state index contributed by atoms with van der Waals surface area (Å²) in [5.74, 6) is -0.597. The zero-order valence-corrected chi connectivity index (χ0v) is 39.5.